The average Bonchev–Trinajstić information content (AvgIpc) is 2.38. The Morgan fingerprint density at radius 1 is 1.35 bits per heavy atom. The third-order valence-electron chi connectivity index (χ3n) is 3.03. The van der Waals surface area contributed by atoms with Crippen molar-refractivity contribution in [2.45, 2.75) is 13.5 Å². The normalized spacial score (nSPS) is 10.3. The number of benzene rings is 1. The number of nitrogens with two attached hydrogens (primary N) is 1. The number of carboxylic acids is 1. The lowest BCUT2D eigenvalue weighted by atomic mass is 10.1. The number of carbonyl (C=O) groups is 1. The lowest BCUT2D eigenvalue weighted by molar-refractivity contribution is 0.0697. The largest absolute Gasteiger partial charge is 0.478 e. The van der Waals surface area contributed by atoms with Crippen molar-refractivity contribution in [2.75, 3.05) is 17.7 Å². The van der Waals surface area contributed by atoms with Crippen molar-refractivity contribution in [3.05, 3.63) is 53.3 Å². The van der Waals surface area contributed by atoms with Gasteiger partial charge in [-0.25, -0.2) is 4.79 Å². The van der Waals surface area contributed by atoms with E-state index in [0.29, 0.717) is 17.9 Å². The molecule has 0 saturated heterocycles. The molecule has 5 heteroatoms. The van der Waals surface area contributed by atoms with E-state index >= 15 is 0 Å². The van der Waals surface area contributed by atoms with Gasteiger partial charge in [0.1, 0.15) is 0 Å². The zero-order valence-corrected chi connectivity index (χ0v) is 11.5. The van der Waals surface area contributed by atoms with Crippen LogP contribution in [0.4, 0.5) is 11.4 Å². The van der Waals surface area contributed by atoms with Gasteiger partial charge in [-0.05, 0) is 37.3 Å². The molecule has 0 fully saturated rings. The van der Waals surface area contributed by atoms with Gasteiger partial charge in [-0.3, -0.25) is 4.98 Å². The minimum Gasteiger partial charge on any atom is -0.478 e. The summed E-state index contributed by atoms with van der Waals surface area (Å²) in [6.07, 6.45) is 0. The summed E-state index contributed by atoms with van der Waals surface area (Å²) in [7, 11) is 1.86. The monoisotopic (exact) mass is 271 g/mol. The summed E-state index contributed by atoms with van der Waals surface area (Å²) in [6, 6.07) is 10.5. The van der Waals surface area contributed by atoms with Crippen LogP contribution < -0.4 is 10.6 Å². The van der Waals surface area contributed by atoms with Gasteiger partial charge in [0.15, 0.2) is 0 Å². The van der Waals surface area contributed by atoms with Gasteiger partial charge in [-0.1, -0.05) is 6.07 Å². The van der Waals surface area contributed by atoms with Crippen LogP contribution in [0.2, 0.25) is 0 Å². The molecule has 0 aliphatic carbocycles. The number of aromatic nitrogens is 1. The highest BCUT2D eigenvalue weighted by Gasteiger charge is 2.11. The van der Waals surface area contributed by atoms with E-state index in [1.807, 2.05) is 37.1 Å². The zero-order chi connectivity index (χ0) is 14.7. The van der Waals surface area contributed by atoms with E-state index in [0.717, 1.165) is 11.4 Å². The molecule has 0 radical (unpaired) electrons. The van der Waals surface area contributed by atoms with E-state index < -0.39 is 5.97 Å². The predicted molar refractivity (Wildman–Crippen MR) is 78.9 cm³/mol. The molecule has 0 spiro atoms. The number of nitrogens with zero attached hydrogens (tertiary/aromatic N) is 2. The van der Waals surface area contributed by atoms with Crippen molar-refractivity contribution in [2.24, 2.45) is 0 Å². The van der Waals surface area contributed by atoms with E-state index in [4.69, 9.17) is 10.8 Å². The van der Waals surface area contributed by atoms with Gasteiger partial charge in [0.25, 0.3) is 0 Å². The topological polar surface area (TPSA) is 79.5 Å². The third kappa shape index (κ3) is 3.06. The van der Waals surface area contributed by atoms with Crippen LogP contribution >= 0.6 is 0 Å². The van der Waals surface area contributed by atoms with Crippen LogP contribution in [0.1, 0.15) is 21.7 Å². The summed E-state index contributed by atoms with van der Waals surface area (Å²) in [5, 5.41) is 9.04. The first-order valence-electron chi connectivity index (χ1n) is 6.24. The van der Waals surface area contributed by atoms with Gasteiger partial charge in [-0.15, -0.1) is 0 Å². The SMILES string of the molecule is Cc1cccc(CN(C)c2cc(C(=O)O)ccc2N)n1. The highest BCUT2D eigenvalue weighted by atomic mass is 16.4. The fourth-order valence-electron chi connectivity index (χ4n) is 2.02. The van der Waals surface area contributed by atoms with E-state index in [2.05, 4.69) is 4.98 Å². The number of carboxylic acid groups (broad SMARTS) is 1. The summed E-state index contributed by atoms with van der Waals surface area (Å²) >= 11 is 0. The zero-order valence-electron chi connectivity index (χ0n) is 11.5. The third-order valence-corrected chi connectivity index (χ3v) is 3.03. The summed E-state index contributed by atoms with van der Waals surface area (Å²) < 4.78 is 0. The number of hydrogen-bond acceptors (Lipinski definition) is 4. The minimum absolute atomic E-state index is 0.221. The van der Waals surface area contributed by atoms with Crippen LogP contribution in [-0.2, 0) is 6.54 Å². The number of rotatable bonds is 4. The Morgan fingerprint density at radius 2 is 2.10 bits per heavy atom. The molecule has 2 aromatic rings. The molecule has 0 atom stereocenters. The van der Waals surface area contributed by atoms with E-state index in [1.165, 1.54) is 6.07 Å². The maximum absolute atomic E-state index is 11.0. The van der Waals surface area contributed by atoms with Gasteiger partial charge in [0.05, 0.1) is 29.2 Å². The minimum atomic E-state index is -0.965. The van der Waals surface area contributed by atoms with Crippen molar-refractivity contribution in [1.82, 2.24) is 4.98 Å². The molecule has 0 aliphatic heterocycles. The molecule has 1 aromatic carbocycles. The quantitative estimate of drug-likeness (QED) is 0.834. The Morgan fingerprint density at radius 3 is 2.75 bits per heavy atom. The second-order valence-electron chi connectivity index (χ2n) is 4.71. The molecule has 0 amide bonds. The maximum Gasteiger partial charge on any atom is 0.335 e. The van der Waals surface area contributed by atoms with Crippen LogP contribution in [0, 0.1) is 6.92 Å². The number of pyridine rings is 1. The van der Waals surface area contributed by atoms with E-state index in [-0.39, 0.29) is 5.56 Å². The Labute approximate surface area is 117 Å². The van der Waals surface area contributed by atoms with Crippen molar-refractivity contribution < 1.29 is 9.90 Å². The van der Waals surface area contributed by atoms with Gasteiger partial charge >= 0.3 is 5.97 Å². The predicted octanol–water partition coefficient (Wildman–Crippen LogP) is 2.31. The molecule has 20 heavy (non-hydrogen) atoms. The fraction of sp³-hybridized carbons (Fsp3) is 0.200. The highest BCUT2D eigenvalue weighted by molar-refractivity contribution is 5.90. The van der Waals surface area contributed by atoms with Gasteiger partial charge in [-0.2, -0.15) is 0 Å². The number of aromatic carboxylic acids is 1. The van der Waals surface area contributed by atoms with Gasteiger partial charge < -0.3 is 15.7 Å². The first kappa shape index (κ1) is 13.9. The summed E-state index contributed by atoms with van der Waals surface area (Å²) in [4.78, 5) is 17.3. The lowest BCUT2D eigenvalue weighted by Gasteiger charge is -2.21. The second-order valence-corrected chi connectivity index (χ2v) is 4.71. The Bertz CT molecular complexity index is 641. The molecule has 0 saturated carbocycles. The number of hydrogen-bond donors (Lipinski definition) is 2. The van der Waals surface area contributed by atoms with Crippen molar-refractivity contribution >= 4 is 17.3 Å². The number of anilines is 2. The van der Waals surface area contributed by atoms with E-state index in [1.54, 1.807) is 12.1 Å². The van der Waals surface area contributed by atoms with Gasteiger partial charge in [0, 0.05) is 12.7 Å². The lowest BCUT2D eigenvalue weighted by Crippen LogP contribution is -2.19. The van der Waals surface area contributed by atoms with Crippen LogP contribution in [0.5, 0.6) is 0 Å². The fourth-order valence-corrected chi connectivity index (χ4v) is 2.02. The van der Waals surface area contributed by atoms with Crippen molar-refractivity contribution in [3.63, 3.8) is 0 Å². The molecular formula is C15H17N3O2. The molecular weight excluding hydrogens is 254 g/mol. The standard InChI is InChI=1S/C15H17N3O2/c1-10-4-3-5-12(17-10)9-18(2)14-8-11(15(19)20)6-7-13(14)16/h3-8H,9,16H2,1-2H3,(H,19,20). The molecule has 5 nitrogen and oxygen atoms in total. The van der Waals surface area contributed by atoms with Crippen molar-refractivity contribution in [1.29, 1.82) is 0 Å². The molecule has 0 bridgehead atoms. The molecule has 2 rings (SSSR count). The highest BCUT2D eigenvalue weighted by Crippen LogP contribution is 2.24. The smallest absolute Gasteiger partial charge is 0.335 e. The Hall–Kier alpha value is -2.56. The molecule has 0 aliphatic rings. The molecule has 0 unspecified atom stereocenters. The maximum atomic E-state index is 11.0. The van der Waals surface area contributed by atoms with Gasteiger partial charge in [0.2, 0.25) is 0 Å². The Kier molecular flexibility index (Phi) is 3.89. The van der Waals surface area contributed by atoms with Crippen LogP contribution in [0.25, 0.3) is 0 Å². The molecule has 3 N–H and O–H groups in total. The summed E-state index contributed by atoms with van der Waals surface area (Å²) in [5.74, 6) is -0.965. The summed E-state index contributed by atoms with van der Waals surface area (Å²) in [5.41, 5.74) is 9.23. The second kappa shape index (κ2) is 5.61. The van der Waals surface area contributed by atoms with Crippen molar-refractivity contribution in [3.8, 4) is 0 Å². The van der Waals surface area contributed by atoms with Crippen LogP contribution in [-0.4, -0.2) is 23.1 Å². The van der Waals surface area contributed by atoms with Crippen LogP contribution in [0.15, 0.2) is 36.4 Å². The first-order valence-corrected chi connectivity index (χ1v) is 6.24. The average molecular weight is 271 g/mol. The molecule has 1 heterocycles. The molecule has 1 aromatic heterocycles. The number of aryl methyl sites for hydroxylation is 1. The number of nitrogen functional groups attached to an aromatic ring is 1. The van der Waals surface area contributed by atoms with E-state index in [9.17, 15) is 4.79 Å². The van der Waals surface area contributed by atoms with Crippen LogP contribution in [0.3, 0.4) is 0 Å². The summed E-state index contributed by atoms with van der Waals surface area (Å²) in [6.45, 7) is 2.50. The first-order chi connectivity index (χ1) is 9.47. The Balaban J connectivity index is 2.26. The molecule has 104 valence electrons.